The Kier molecular flexibility index (Phi) is 5.26. The van der Waals surface area contributed by atoms with Crippen LogP contribution in [0, 0.1) is 6.92 Å². The van der Waals surface area contributed by atoms with E-state index in [0.29, 0.717) is 18.2 Å². The molecule has 0 spiro atoms. The number of aromatic nitrogens is 3. The minimum atomic E-state index is -0.195. The Balaban J connectivity index is 1.44. The summed E-state index contributed by atoms with van der Waals surface area (Å²) >= 11 is 0. The van der Waals surface area contributed by atoms with E-state index in [1.54, 1.807) is 0 Å². The van der Waals surface area contributed by atoms with Gasteiger partial charge in [-0.15, -0.1) is 0 Å². The third kappa shape index (κ3) is 5.07. The molecule has 1 amide bonds. The lowest BCUT2D eigenvalue weighted by molar-refractivity contribution is -0.118. The van der Waals surface area contributed by atoms with Crippen molar-refractivity contribution in [3.05, 3.63) is 66.0 Å². The third-order valence-electron chi connectivity index (χ3n) is 3.50. The number of rotatable bonds is 7. The molecule has 0 aliphatic carbocycles. The molecule has 7 heteroatoms. The number of carbonyl (C=O) groups excluding carboxylic acids is 1. The van der Waals surface area contributed by atoms with Crippen molar-refractivity contribution in [2.75, 3.05) is 17.2 Å². The Morgan fingerprint density at radius 3 is 2.56 bits per heavy atom. The highest BCUT2D eigenvalue weighted by Gasteiger charge is 2.04. The zero-order valence-corrected chi connectivity index (χ0v) is 13.8. The van der Waals surface area contributed by atoms with Crippen LogP contribution in [0.5, 0.6) is 5.75 Å². The Morgan fingerprint density at radius 2 is 1.88 bits per heavy atom. The molecule has 3 N–H and O–H groups in total. The van der Waals surface area contributed by atoms with E-state index in [-0.39, 0.29) is 12.5 Å². The molecular weight excluding hydrogens is 318 g/mol. The van der Waals surface area contributed by atoms with Crippen LogP contribution in [0.25, 0.3) is 0 Å². The number of hydrogen-bond donors (Lipinski definition) is 3. The van der Waals surface area contributed by atoms with E-state index in [9.17, 15) is 4.79 Å². The molecule has 0 radical (unpaired) electrons. The smallest absolute Gasteiger partial charge is 0.262 e. The Morgan fingerprint density at radius 1 is 1.12 bits per heavy atom. The molecule has 0 fully saturated rings. The maximum atomic E-state index is 11.9. The first kappa shape index (κ1) is 16.5. The van der Waals surface area contributed by atoms with Gasteiger partial charge in [-0.05, 0) is 36.8 Å². The summed E-state index contributed by atoms with van der Waals surface area (Å²) in [6, 6.07) is 15.1. The van der Waals surface area contributed by atoms with Crippen molar-refractivity contribution in [3.63, 3.8) is 0 Å². The van der Waals surface area contributed by atoms with Gasteiger partial charge in [0.05, 0.1) is 0 Å². The van der Waals surface area contributed by atoms with Crippen LogP contribution in [0.4, 0.5) is 11.6 Å². The van der Waals surface area contributed by atoms with E-state index in [1.165, 1.54) is 6.33 Å². The number of nitrogens with one attached hydrogen (secondary N) is 3. The van der Waals surface area contributed by atoms with Crippen molar-refractivity contribution >= 4 is 17.5 Å². The molecule has 128 valence electrons. The molecule has 3 rings (SSSR count). The molecule has 2 aromatic carbocycles. The molecule has 3 aromatic rings. The van der Waals surface area contributed by atoms with Crippen LogP contribution in [0.15, 0.2) is 54.9 Å². The van der Waals surface area contributed by atoms with E-state index >= 15 is 0 Å². The van der Waals surface area contributed by atoms with E-state index in [1.807, 2.05) is 55.5 Å². The zero-order chi connectivity index (χ0) is 17.5. The second-order valence-corrected chi connectivity index (χ2v) is 5.53. The van der Waals surface area contributed by atoms with Crippen LogP contribution >= 0.6 is 0 Å². The molecule has 1 aromatic heterocycles. The minimum Gasteiger partial charge on any atom is -0.484 e. The average molecular weight is 337 g/mol. The zero-order valence-electron chi connectivity index (χ0n) is 13.8. The molecular formula is C18H19N5O2. The van der Waals surface area contributed by atoms with Gasteiger partial charge in [0.1, 0.15) is 12.1 Å². The normalized spacial score (nSPS) is 10.3. The second-order valence-electron chi connectivity index (χ2n) is 5.53. The summed E-state index contributed by atoms with van der Waals surface area (Å²) in [5.41, 5.74) is 2.97. The first-order valence-electron chi connectivity index (χ1n) is 7.86. The van der Waals surface area contributed by atoms with Crippen LogP contribution < -0.4 is 15.4 Å². The number of ether oxygens (including phenoxy) is 1. The summed E-state index contributed by atoms with van der Waals surface area (Å²) in [6.45, 7) is 2.58. The minimum absolute atomic E-state index is 0.0382. The molecule has 7 nitrogen and oxygen atoms in total. The Labute approximate surface area is 145 Å². The SMILES string of the molecule is Cc1ccc(NC(=O)COc2ccc(CNc3ncn[nH]3)cc2)cc1. The fraction of sp³-hybridized carbons (Fsp3) is 0.167. The third-order valence-corrected chi connectivity index (χ3v) is 3.50. The number of carbonyl (C=O) groups is 1. The summed E-state index contributed by atoms with van der Waals surface area (Å²) in [6.07, 6.45) is 1.45. The summed E-state index contributed by atoms with van der Waals surface area (Å²) in [5.74, 6) is 1.07. The highest BCUT2D eigenvalue weighted by atomic mass is 16.5. The number of aryl methyl sites for hydroxylation is 1. The monoisotopic (exact) mass is 337 g/mol. The largest absolute Gasteiger partial charge is 0.484 e. The van der Waals surface area contributed by atoms with Crippen molar-refractivity contribution in [2.45, 2.75) is 13.5 Å². The van der Waals surface area contributed by atoms with Crippen molar-refractivity contribution in [3.8, 4) is 5.75 Å². The van der Waals surface area contributed by atoms with Gasteiger partial charge in [0.15, 0.2) is 6.61 Å². The Bertz CT molecular complexity index is 798. The lowest BCUT2D eigenvalue weighted by atomic mass is 10.2. The van der Waals surface area contributed by atoms with Crippen LogP contribution in [0.1, 0.15) is 11.1 Å². The standard InChI is InChI=1S/C18H19N5O2/c1-13-2-6-15(7-3-13)22-17(24)11-25-16-8-4-14(5-9-16)10-19-18-20-12-21-23-18/h2-9,12H,10-11H2,1H3,(H,22,24)(H2,19,20,21,23). The van der Waals surface area contributed by atoms with E-state index in [4.69, 9.17) is 4.74 Å². The number of amides is 1. The molecule has 1 heterocycles. The van der Waals surface area contributed by atoms with Gasteiger partial charge in [0.2, 0.25) is 5.95 Å². The average Bonchev–Trinajstić information content (AvgIpc) is 3.15. The first-order chi connectivity index (χ1) is 12.2. The van der Waals surface area contributed by atoms with Gasteiger partial charge in [0.25, 0.3) is 5.91 Å². The van der Waals surface area contributed by atoms with Crippen molar-refractivity contribution in [1.82, 2.24) is 15.2 Å². The molecule has 0 unspecified atom stereocenters. The van der Waals surface area contributed by atoms with Gasteiger partial charge >= 0.3 is 0 Å². The van der Waals surface area contributed by atoms with Crippen LogP contribution in [-0.2, 0) is 11.3 Å². The fourth-order valence-corrected chi connectivity index (χ4v) is 2.16. The van der Waals surface area contributed by atoms with Crippen molar-refractivity contribution in [1.29, 1.82) is 0 Å². The highest BCUT2D eigenvalue weighted by molar-refractivity contribution is 5.91. The Hall–Kier alpha value is -3.35. The summed E-state index contributed by atoms with van der Waals surface area (Å²) in [7, 11) is 0. The van der Waals surface area contributed by atoms with Gasteiger partial charge in [-0.25, -0.2) is 10.1 Å². The van der Waals surface area contributed by atoms with E-state index in [2.05, 4.69) is 25.8 Å². The van der Waals surface area contributed by atoms with Crippen LogP contribution in [0.3, 0.4) is 0 Å². The molecule has 25 heavy (non-hydrogen) atoms. The molecule has 0 saturated carbocycles. The van der Waals surface area contributed by atoms with Crippen molar-refractivity contribution < 1.29 is 9.53 Å². The molecule has 0 aliphatic heterocycles. The summed E-state index contributed by atoms with van der Waals surface area (Å²) in [4.78, 5) is 15.9. The molecule has 0 atom stereocenters. The quantitative estimate of drug-likeness (QED) is 0.616. The highest BCUT2D eigenvalue weighted by Crippen LogP contribution is 2.13. The number of hydrogen-bond acceptors (Lipinski definition) is 5. The van der Waals surface area contributed by atoms with Crippen molar-refractivity contribution in [2.24, 2.45) is 0 Å². The van der Waals surface area contributed by atoms with Gasteiger partial charge in [0, 0.05) is 12.2 Å². The van der Waals surface area contributed by atoms with Gasteiger partial charge < -0.3 is 15.4 Å². The number of benzene rings is 2. The summed E-state index contributed by atoms with van der Waals surface area (Å²) < 4.78 is 5.51. The predicted molar refractivity (Wildman–Crippen MR) is 95.5 cm³/mol. The molecule has 0 bridgehead atoms. The number of H-pyrrole nitrogens is 1. The first-order valence-corrected chi connectivity index (χ1v) is 7.86. The number of nitrogens with zero attached hydrogens (tertiary/aromatic N) is 2. The predicted octanol–water partition coefficient (Wildman–Crippen LogP) is 2.74. The number of anilines is 2. The maximum Gasteiger partial charge on any atom is 0.262 e. The fourth-order valence-electron chi connectivity index (χ4n) is 2.16. The number of aromatic amines is 1. The second kappa shape index (κ2) is 7.96. The topological polar surface area (TPSA) is 91.9 Å². The lowest BCUT2D eigenvalue weighted by Crippen LogP contribution is -2.20. The van der Waals surface area contributed by atoms with Crippen LogP contribution in [-0.4, -0.2) is 27.7 Å². The van der Waals surface area contributed by atoms with Gasteiger partial charge in [-0.2, -0.15) is 5.10 Å². The summed E-state index contributed by atoms with van der Waals surface area (Å²) in [5, 5.41) is 12.4. The van der Waals surface area contributed by atoms with E-state index < -0.39 is 0 Å². The molecule has 0 aliphatic rings. The maximum absolute atomic E-state index is 11.9. The van der Waals surface area contributed by atoms with Gasteiger partial charge in [-0.3, -0.25) is 4.79 Å². The van der Waals surface area contributed by atoms with Gasteiger partial charge in [-0.1, -0.05) is 29.8 Å². The lowest BCUT2D eigenvalue weighted by Gasteiger charge is -2.09. The molecule has 0 saturated heterocycles. The van der Waals surface area contributed by atoms with E-state index in [0.717, 1.165) is 16.8 Å². The van der Waals surface area contributed by atoms with Crippen LogP contribution in [0.2, 0.25) is 0 Å².